The fourth-order valence-electron chi connectivity index (χ4n) is 3.01. The van der Waals surface area contributed by atoms with Crippen LogP contribution in [0.5, 0.6) is 5.75 Å². The summed E-state index contributed by atoms with van der Waals surface area (Å²) in [4.78, 5) is 27.7. The maximum Gasteiger partial charge on any atom is 0.261 e. The largest absolute Gasteiger partial charge is 0.483 e. The van der Waals surface area contributed by atoms with Crippen LogP contribution in [0.15, 0.2) is 40.9 Å². The van der Waals surface area contributed by atoms with Crippen molar-refractivity contribution in [3.8, 4) is 5.75 Å². The Balaban J connectivity index is 2.28. The van der Waals surface area contributed by atoms with E-state index in [0.717, 1.165) is 6.42 Å². The van der Waals surface area contributed by atoms with Crippen molar-refractivity contribution in [1.29, 1.82) is 0 Å². The summed E-state index contributed by atoms with van der Waals surface area (Å²) in [6.07, 6.45) is 1.22. The van der Waals surface area contributed by atoms with Crippen LogP contribution in [0.3, 0.4) is 0 Å². The molecule has 0 heterocycles. The van der Waals surface area contributed by atoms with Crippen molar-refractivity contribution in [2.75, 3.05) is 6.61 Å². The molecule has 0 spiro atoms. The van der Waals surface area contributed by atoms with Crippen LogP contribution in [0.25, 0.3) is 0 Å². The Morgan fingerprint density at radius 1 is 1.06 bits per heavy atom. The standard InChI is InChI=1S/C23H26BrCl3N2O3/c1-4-14(3)28-23(31)20(5-2)29(12-15-6-7-17(26)11-19(15)27)22(30)13-32-21-9-8-16(25)10-18(21)24/h6-11,14,20H,4-5,12-13H2,1-3H3,(H,28,31)/t14-,20+/m0/s1. The highest BCUT2D eigenvalue weighted by Gasteiger charge is 2.30. The van der Waals surface area contributed by atoms with Gasteiger partial charge in [0.15, 0.2) is 6.61 Å². The zero-order valence-corrected chi connectivity index (χ0v) is 22.0. The van der Waals surface area contributed by atoms with Gasteiger partial charge in [0, 0.05) is 27.7 Å². The van der Waals surface area contributed by atoms with Gasteiger partial charge in [-0.2, -0.15) is 0 Å². The molecule has 174 valence electrons. The summed E-state index contributed by atoms with van der Waals surface area (Å²) in [5, 5.41) is 4.43. The van der Waals surface area contributed by atoms with Gasteiger partial charge < -0.3 is 15.0 Å². The molecule has 1 N–H and O–H groups in total. The van der Waals surface area contributed by atoms with Gasteiger partial charge in [-0.15, -0.1) is 0 Å². The molecule has 0 radical (unpaired) electrons. The van der Waals surface area contributed by atoms with Gasteiger partial charge in [0.1, 0.15) is 11.8 Å². The molecule has 0 aromatic heterocycles. The minimum absolute atomic E-state index is 0.00565. The molecule has 9 heteroatoms. The fourth-order valence-corrected chi connectivity index (χ4v) is 4.27. The Labute approximate surface area is 212 Å². The van der Waals surface area contributed by atoms with Crippen molar-refractivity contribution in [1.82, 2.24) is 10.2 Å². The second-order valence-corrected chi connectivity index (χ2v) is 9.50. The maximum atomic E-state index is 13.2. The Kier molecular flexibility index (Phi) is 10.6. The summed E-state index contributed by atoms with van der Waals surface area (Å²) in [5.41, 5.74) is 0.687. The predicted molar refractivity (Wildman–Crippen MR) is 134 cm³/mol. The highest BCUT2D eigenvalue weighted by molar-refractivity contribution is 9.10. The van der Waals surface area contributed by atoms with Crippen LogP contribution < -0.4 is 10.1 Å². The van der Waals surface area contributed by atoms with Crippen LogP contribution in [-0.2, 0) is 16.1 Å². The average Bonchev–Trinajstić information content (AvgIpc) is 2.74. The summed E-state index contributed by atoms with van der Waals surface area (Å²) < 4.78 is 6.35. The van der Waals surface area contributed by atoms with Gasteiger partial charge in [0.05, 0.1) is 4.47 Å². The van der Waals surface area contributed by atoms with Crippen molar-refractivity contribution >= 4 is 62.5 Å². The molecule has 0 aliphatic carbocycles. The molecule has 32 heavy (non-hydrogen) atoms. The topological polar surface area (TPSA) is 58.6 Å². The minimum Gasteiger partial charge on any atom is -0.483 e. The molecule has 2 atom stereocenters. The molecule has 0 fully saturated rings. The zero-order valence-electron chi connectivity index (χ0n) is 18.1. The van der Waals surface area contributed by atoms with E-state index in [9.17, 15) is 9.59 Å². The third kappa shape index (κ3) is 7.55. The Morgan fingerprint density at radius 3 is 2.31 bits per heavy atom. The summed E-state index contributed by atoms with van der Waals surface area (Å²) in [5.74, 6) is -0.0821. The highest BCUT2D eigenvalue weighted by Crippen LogP contribution is 2.28. The number of rotatable bonds is 10. The van der Waals surface area contributed by atoms with Crippen LogP contribution in [0, 0.1) is 0 Å². The van der Waals surface area contributed by atoms with Crippen LogP contribution in [0.1, 0.15) is 39.2 Å². The lowest BCUT2D eigenvalue weighted by atomic mass is 10.1. The SMILES string of the molecule is CC[C@H](C(=O)N[C@@H](C)CC)N(Cc1ccc(Cl)cc1Cl)C(=O)COc1ccc(Cl)cc1Br. The summed E-state index contributed by atoms with van der Waals surface area (Å²) in [6.45, 7) is 5.67. The van der Waals surface area contributed by atoms with E-state index < -0.39 is 6.04 Å². The number of carbonyl (C=O) groups is 2. The summed E-state index contributed by atoms with van der Waals surface area (Å²) in [6, 6.07) is 9.41. The number of nitrogens with zero attached hydrogens (tertiary/aromatic N) is 1. The number of ether oxygens (including phenoxy) is 1. The van der Waals surface area contributed by atoms with Crippen LogP contribution in [-0.4, -0.2) is 35.4 Å². The summed E-state index contributed by atoms with van der Waals surface area (Å²) >= 11 is 21.7. The van der Waals surface area contributed by atoms with Gasteiger partial charge in [-0.1, -0.05) is 54.7 Å². The minimum atomic E-state index is -0.680. The van der Waals surface area contributed by atoms with Crippen LogP contribution in [0.4, 0.5) is 0 Å². The van der Waals surface area contributed by atoms with Crippen LogP contribution in [0.2, 0.25) is 15.1 Å². The lowest BCUT2D eigenvalue weighted by molar-refractivity contribution is -0.143. The van der Waals surface area contributed by atoms with Gasteiger partial charge in [-0.3, -0.25) is 9.59 Å². The smallest absolute Gasteiger partial charge is 0.261 e. The van der Waals surface area contributed by atoms with E-state index in [4.69, 9.17) is 39.5 Å². The van der Waals surface area contributed by atoms with Crippen molar-refractivity contribution in [3.63, 3.8) is 0 Å². The Bertz CT molecular complexity index is 958. The normalized spacial score (nSPS) is 12.7. The molecule has 2 amide bonds. The van der Waals surface area contributed by atoms with E-state index in [2.05, 4.69) is 21.2 Å². The highest BCUT2D eigenvalue weighted by atomic mass is 79.9. The van der Waals surface area contributed by atoms with E-state index >= 15 is 0 Å². The van der Waals surface area contributed by atoms with Crippen molar-refractivity contribution in [2.24, 2.45) is 0 Å². The van der Waals surface area contributed by atoms with Gasteiger partial charge >= 0.3 is 0 Å². The zero-order chi connectivity index (χ0) is 23.8. The Hall–Kier alpha value is -1.47. The maximum absolute atomic E-state index is 13.2. The third-order valence-corrected chi connectivity index (χ3v) is 6.43. The molecule has 0 aliphatic heterocycles. The quantitative estimate of drug-likeness (QED) is 0.358. The molecule has 0 saturated heterocycles. The van der Waals surface area contributed by atoms with E-state index in [1.807, 2.05) is 20.8 Å². The lowest BCUT2D eigenvalue weighted by Crippen LogP contribution is -2.51. The number of hydrogen-bond donors (Lipinski definition) is 1. The van der Waals surface area contributed by atoms with Crippen LogP contribution >= 0.6 is 50.7 Å². The second-order valence-electron chi connectivity index (χ2n) is 7.36. The number of halogens is 4. The van der Waals surface area contributed by atoms with E-state index in [0.29, 0.717) is 37.3 Å². The first-order valence-corrected chi connectivity index (χ1v) is 12.2. The first kappa shape index (κ1) is 26.8. The van der Waals surface area contributed by atoms with E-state index in [-0.39, 0.29) is 31.0 Å². The monoisotopic (exact) mass is 562 g/mol. The van der Waals surface area contributed by atoms with E-state index in [1.54, 1.807) is 36.4 Å². The first-order valence-electron chi connectivity index (χ1n) is 10.3. The van der Waals surface area contributed by atoms with Gasteiger partial charge in [-0.25, -0.2) is 0 Å². The number of amides is 2. The number of carbonyl (C=O) groups excluding carboxylic acids is 2. The second kappa shape index (κ2) is 12.7. The summed E-state index contributed by atoms with van der Waals surface area (Å²) in [7, 11) is 0. The molecule has 2 aromatic carbocycles. The average molecular weight is 565 g/mol. The molecule has 0 saturated carbocycles. The molecule has 0 aliphatic rings. The molecule has 0 bridgehead atoms. The molecule has 0 unspecified atom stereocenters. The fraction of sp³-hybridized carbons (Fsp3) is 0.391. The molecular weight excluding hydrogens is 539 g/mol. The number of nitrogens with one attached hydrogen (secondary N) is 1. The molecule has 5 nitrogen and oxygen atoms in total. The Morgan fingerprint density at radius 2 is 1.72 bits per heavy atom. The van der Waals surface area contributed by atoms with Crippen molar-refractivity contribution < 1.29 is 14.3 Å². The van der Waals surface area contributed by atoms with Gasteiger partial charge in [-0.05, 0) is 71.6 Å². The van der Waals surface area contributed by atoms with Gasteiger partial charge in [0.25, 0.3) is 5.91 Å². The number of hydrogen-bond acceptors (Lipinski definition) is 3. The third-order valence-electron chi connectivity index (χ3n) is 4.99. The van der Waals surface area contributed by atoms with Crippen molar-refractivity contribution in [2.45, 2.75) is 52.2 Å². The molecule has 2 aromatic rings. The molecular formula is C23H26BrCl3N2O3. The lowest BCUT2D eigenvalue weighted by Gasteiger charge is -2.31. The van der Waals surface area contributed by atoms with Crippen molar-refractivity contribution in [3.05, 3.63) is 61.5 Å². The first-order chi connectivity index (χ1) is 15.2. The predicted octanol–water partition coefficient (Wildman–Crippen LogP) is 6.51. The van der Waals surface area contributed by atoms with E-state index in [1.165, 1.54) is 4.90 Å². The number of benzene rings is 2. The van der Waals surface area contributed by atoms with Gasteiger partial charge in [0.2, 0.25) is 5.91 Å². The molecule has 2 rings (SSSR count).